The highest BCUT2D eigenvalue weighted by Gasteiger charge is 2.23. The minimum absolute atomic E-state index is 0.127. The maximum Gasteiger partial charge on any atom is 0.339 e. The van der Waals surface area contributed by atoms with Crippen LogP contribution in [0.5, 0.6) is 0 Å². The summed E-state index contributed by atoms with van der Waals surface area (Å²) in [4.78, 5) is 25.3. The number of benzene rings is 2. The molecule has 0 fully saturated rings. The number of para-hydroxylation sites is 1. The third-order valence-electron chi connectivity index (χ3n) is 4.17. The van der Waals surface area contributed by atoms with Gasteiger partial charge in [0.25, 0.3) is 0 Å². The molecule has 29 heavy (non-hydrogen) atoms. The number of carbonyl (C=O) groups is 2. The van der Waals surface area contributed by atoms with E-state index in [9.17, 15) is 9.59 Å². The molecule has 8 heteroatoms. The van der Waals surface area contributed by atoms with Crippen molar-refractivity contribution in [1.82, 2.24) is 20.2 Å². The molecule has 0 N–H and O–H groups in total. The van der Waals surface area contributed by atoms with E-state index in [4.69, 9.17) is 4.74 Å². The number of hydrogen-bond donors (Lipinski definition) is 0. The van der Waals surface area contributed by atoms with Crippen molar-refractivity contribution in [3.05, 3.63) is 66.0 Å². The molecule has 0 aliphatic carbocycles. The van der Waals surface area contributed by atoms with Crippen molar-refractivity contribution in [2.75, 3.05) is 6.61 Å². The first-order valence-electron chi connectivity index (χ1n) is 9.11. The number of aromatic nitrogens is 4. The fourth-order valence-corrected chi connectivity index (χ4v) is 3.34. The molecule has 1 heterocycles. The highest BCUT2D eigenvalue weighted by atomic mass is 32.2. The molecule has 0 spiro atoms. The van der Waals surface area contributed by atoms with Gasteiger partial charge in [0.15, 0.2) is 18.2 Å². The van der Waals surface area contributed by atoms with Crippen molar-refractivity contribution >= 4 is 23.5 Å². The van der Waals surface area contributed by atoms with E-state index in [0.717, 1.165) is 10.6 Å². The fraction of sp³-hybridized carbons (Fsp3) is 0.286. The van der Waals surface area contributed by atoms with Gasteiger partial charge in [0.2, 0.25) is 0 Å². The molecular weight excluding hydrogens is 388 g/mol. The van der Waals surface area contributed by atoms with Crippen LogP contribution in [0.1, 0.15) is 37.0 Å². The molecule has 0 amide bonds. The lowest BCUT2D eigenvalue weighted by Gasteiger charge is -2.16. The number of esters is 1. The van der Waals surface area contributed by atoms with Gasteiger partial charge in [0, 0.05) is 10.3 Å². The van der Waals surface area contributed by atoms with Gasteiger partial charge < -0.3 is 4.74 Å². The van der Waals surface area contributed by atoms with Gasteiger partial charge in [0.05, 0.1) is 17.0 Å². The van der Waals surface area contributed by atoms with Gasteiger partial charge in [0.1, 0.15) is 0 Å². The summed E-state index contributed by atoms with van der Waals surface area (Å²) in [6.07, 6.45) is 0. The van der Waals surface area contributed by atoms with Gasteiger partial charge in [-0.05, 0) is 34.7 Å². The lowest BCUT2D eigenvalue weighted by molar-refractivity contribution is -0.129. The molecule has 0 unspecified atom stereocenters. The molecular formula is C21H22N4O3S. The van der Waals surface area contributed by atoms with Crippen molar-refractivity contribution in [2.45, 2.75) is 31.4 Å². The zero-order valence-electron chi connectivity index (χ0n) is 16.5. The van der Waals surface area contributed by atoms with Crippen molar-refractivity contribution < 1.29 is 14.3 Å². The number of tetrazole rings is 1. The normalized spacial score (nSPS) is 11.3. The zero-order chi connectivity index (χ0) is 20.9. The summed E-state index contributed by atoms with van der Waals surface area (Å²) >= 11 is 1.43. The van der Waals surface area contributed by atoms with Crippen LogP contribution >= 0.6 is 11.8 Å². The maximum atomic E-state index is 12.5. The van der Waals surface area contributed by atoms with E-state index in [2.05, 4.69) is 15.5 Å². The number of ether oxygens (including phenoxy) is 1. The van der Waals surface area contributed by atoms with E-state index >= 15 is 0 Å². The highest BCUT2D eigenvalue weighted by molar-refractivity contribution is 7.98. The van der Waals surface area contributed by atoms with Gasteiger partial charge in [-0.1, -0.05) is 51.1 Å². The van der Waals surface area contributed by atoms with Crippen molar-refractivity contribution in [2.24, 2.45) is 5.41 Å². The predicted molar refractivity (Wildman–Crippen MR) is 110 cm³/mol. The molecule has 0 bridgehead atoms. The predicted octanol–water partition coefficient (Wildman–Crippen LogP) is 3.73. The summed E-state index contributed by atoms with van der Waals surface area (Å²) in [5.41, 5.74) is 0.725. The van der Waals surface area contributed by atoms with Gasteiger partial charge >= 0.3 is 5.97 Å². The standard InChI is InChI=1S/C21H22N4O3S/c1-21(2,3)18(26)13-28-20(27)16-11-7-8-12-17(16)29-14-19-22-23-24-25(19)15-9-5-4-6-10-15/h4-12H,13-14H2,1-3H3. The van der Waals surface area contributed by atoms with Crippen LogP contribution in [0.2, 0.25) is 0 Å². The summed E-state index contributed by atoms with van der Waals surface area (Å²) in [6, 6.07) is 16.7. The Bertz CT molecular complexity index is 996. The van der Waals surface area contributed by atoms with E-state index in [0.29, 0.717) is 17.1 Å². The Hall–Kier alpha value is -3.00. The minimum Gasteiger partial charge on any atom is -0.454 e. The van der Waals surface area contributed by atoms with E-state index in [-0.39, 0.29) is 12.4 Å². The zero-order valence-corrected chi connectivity index (χ0v) is 17.3. The Morgan fingerprint density at radius 2 is 1.72 bits per heavy atom. The second-order valence-electron chi connectivity index (χ2n) is 7.38. The Balaban J connectivity index is 1.70. The summed E-state index contributed by atoms with van der Waals surface area (Å²) in [5.74, 6) is 0.478. The van der Waals surface area contributed by atoms with Gasteiger partial charge in [-0.25, -0.2) is 4.79 Å². The van der Waals surface area contributed by atoms with Crippen LogP contribution in [0.15, 0.2) is 59.5 Å². The quantitative estimate of drug-likeness (QED) is 0.433. The SMILES string of the molecule is CC(C)(C)C(=O)COC(=O)c1ccccc1SCc1nnnn1-c1ccccc1. The molecule has 0 aliphatic heterocycles. The van der Waals surface area contributed by atoms with Crippen LogP contribution in [-0.4, -0.2) is 38.6 Å². The third-order valence-corrected chi connectivity index (χ3v) is 5.24. The molecule has 0 atom stereocenters. The second-order valence-corrected chi connectivity index (χ2v) is 8.39. The summed E-state index contributed by atoms with van der Waals surface area (Å²) in [6.45, 7) is 5.14. The molecule has 0 radical (unpaired) electrons. The number of hydrogen-bond acceptors (Lipinski definition) is 7. The average Bonchev–Trinajstić information content (AvgIpc) is 3.19. The molecule has 0 saturated heterocycles. The molecule has 150 valence electrons. The van der Waals surface area contributed by atoms with Crippen LogP contribution in [0.4, 0.5) is 0 Å². The van der Waals surface area contributed by atoms with E-state index in [1.54, 1.807) is 37.6 Å². The van der Waals surface area contributed by atoms with Crippen LogP contribution in [0.3, 0.4) is 0 Å². The maximum absolute atomic E-state index is 12.5. The van der Waals surface area contributed by atoms with Gasteiger partial charge in [-0.2, -0.15) is 4.68 Å². The topological polar surface area (TPSA) is 87.0 Å². The number of carbonyl (C=O) groups excluding carboxylic acids is 2. The van der Waals surface area contributed by atoms with Crippen molar-refractivity contribution in [3.8, 4) is 5.69 Å². The molecule has 0 saturated carbocycles. The highest BCUT2D eigenvalue weighted by Crippen LogP contribution is 2.27. The van der Waals surface area contributed by atoms with Crippen molar-refractivity contribution in [1.29, 1.82) is 0 Å². The van der Waals surface area contributed by atoms with Crippen LogP contribution in [0, 0.1) is 5.41 Å². The average molecular weight is 410 g/mol. The Morgan fingerprint density at radius 1 is 1.03 bits per heavy atom. The minimum atomic E-state index is -0.553. The van der Waals surface area contributed by atoms with E-state index in [1.807, 2.05) is 42.5 Å². The number of rotatable bonds is 7. The Labute approximate surface area is 173 Å². The molecule has 2 aromatic carbocycles. The molecule has 7 nitrogen and oxygen atoms in total. The summed E-state index contributed by atoms with van der Waals surface area (Å²) in [7, 11) is 0. The van der Waals surface area contributed by atoms with Crippen LogP contribution in [-0.2, 0) is 15.3 Å². The summed E-state index contributed by atoms with van der Waals surface area (Å²) in [5, 5.41) is 11.9. The van der Waals surface area contributed by atoms with Crippen LogP contribution < -0.4 is 0 Å². The van der Waals surface area contributed by atoms with Crippen molar-refractivity contribution in [3.63, 3.8) is 0 Å². The first kappa shape index (κ1) is 20.7. The van der Waals surface area contributed by atoms with E-state index < -0.39 is 11.4 Å². The number of thioether (sulfide) groups is 1. The van der Waals surface area contributed by atoms with E-state index in [1.165, 1.54) is 11.8 Å². The second kappa shape index (κ2) is 9.00. The smallest absolute Gasteiger partial charge is 0.339 e. The van der Waals surface area contributed by atoms with Crippen LogP contribution in [0.25, 0.3) is 5.69 Å². The first-order valence-corrected chi connectivity index (χ1v) is 10.1. The molecule has 0 aliphatic rings. The van der Waals surface area contributed by atoms with Gasteiger partial charge in [-0.3, -0.25) is 4.79 Å². The Kier molecular flexibility index (Phi) is 6.43. The number of nitrogens with zero attached hydrogens (tertiary/aromatic N) is 4. The summed E-state index contributed by atoms with van der Waals surface area (Å²) < 4.78 is 6.90. The molecule has 1 aromatic heterocycles. The third kappa shape index (κ3) is 5.29. The lowest BCUT2D eigenvalue weighted by atomic mass is 9.91. The van der Waals surface area contributed by atoms with Gasteiger partial charge in [-0.15, -0.1) is 16.9 Å². The molecule has 3 rings (SSSR count). The molecule has 3 aromatic rings. The monoisotopic (exact) mass is 410 g/mol. The number of ketones is 1. The lowest BCUT2D eigenvalue weighted by Crippen LogP contribution is -2.26. The first-order chi connectivity index (χ1) is 13.9. The Morgan fingerprint density at radius 3 is 2.45 bits per heavy atom. The fourth-order valence-electron chi connectivity index (χ4n) is 2.39. The largest absolute Gasteiger partial charge is 0.454 e. The number of Topliss-reactive ketones (excluding diaryl/α,β-unsaturated/α-hetero) is 1.